The van der Waals surface area contributed by atoms with Gasteiger partial charge in [0.2, 0.25) is 5.89 Å². The molecule has 4 nitrogen and oxygen atoms in total. The van der Waals surface area contributed by atoms with E-state index in [-0.39, 0.29) is 0 Å². The number of rotatable bonds is 5. The van der Waals surface area contributed by atoms with Crippen LogP contribution in [0, 0.1) is 5.92 Å². The molecule has 0 radical (unpaired) electrons. The standard InChI is InChI=1S/C16H21N3O/c1-2-11(10-17)9-15-18-16(19-20-15)14-8-7-12-5-3-4-6-13(12)14/h3-6,11,14H,2,7-10,17H2,1H3. The average molecular weight is 271 g/mol. The van der Waals surface area contributed by atoms with Gasteiger partial charge >= 0.3 is 0 Å². The van der Waals surface area contributed by atoms with E-state index in [4.69, 9.17) is 10.3 Å². The van der Waals surface area contributed by atoms with Crippen molar-refractivity contribution in [3.63, 3.8) is 0 Å². The zero-order valence-electron chi connectivity index (χ0n) is 11.9. The van der Waals surface area contributed by atoms with E-state index in [1.165, 1.54) is 11.1 Å². The number of aryl methyl sites for hydroxylation is 1. The lowest BCUT2D eigenvalue weighted by Gasteiger charge is -2.07. The van der Waals surface area contributed by atoms with Crippen LogP contribution in [0.25, 0.3) is 0 Å². The molecule has 0 aliphatic heterocycles. The highest BCUT2D eigenvalue weighted by Crippen LogP contribution is 2.36. The SMILES string of the molecule is CCC(CN)Cc1nc(C2CCc3ccccc32)no1. The largest absolute Gasteiger partial charge is 0.339 e. The van der Waals surface area contributed by atoms with Gasteiger partial charge in [-0.05, 0) is 36.4 Å². The van der Waals surface area contributed by atoms with Crippen LogP contribution in [-0.2, 0) is 12.8 Å². The summed E-state index contributed by atoms with van der Waals surface area (Å²) >= 11 is 0. The van der Waals surface area contributed by atoms with Crippen LogP contribution in [0.1, 0.15) is 48.5 Å². The highest BCUT2D eigenvalue weighted by molar-refractivity contribution is 5.38. The normalized spacial score (nSPS) is 19.0. The summed E-state index contributed by atoms with van der Waals surface area (Å²) in [5, 5.41) is 4.19. The monoisotopic (exact) mass is 271 g/mol. The lowest BCUT2D eigenvalue weighted by Crippen LogP contribution is -2.16. The number of fused-ring (bicyclic) bond motifs is 1. The summed E-state index contributed by atoms with van der Waals surface area (Å²) in [4.78, 5) is 4.59. The van der Waals surface area contributed by atoms with Crippen LogP contribution in [-0.4, -0.2) is 16.7 Å². The van der Waals surface area contributed by atoms with Crippen molar-refractivity contribution in [3.05, 3.63) is 47.1 Å². The van der Waals surface area contributed by atoms with E-state index >= 15 is 0 Å². The maximum atomic E-state index is 5.73. The fraction of sp³-hybridized carbons (Fsp3) is 0.500. The third-order valence-electron chi connectivity index (χ3n) is 4.30. The molecule has 2 atom stereocenters. The second-order valence-corrected chi connectivity index (χ2v) is 5.55. The summed E-state index contributed by atoms with van der Waals surface area (Å²) in [7, 11) is 0. The lowest BCUT2D eigenvalue weighted by molar-refractivity contribution is 0.346. The molecule has 1 aliphatic carbocycles. The molecule has 106 valence electrons. The van der Waals surface area contributed by atoms with Crippen molar-refractivity contribution in [2.24, 2.45) is 11.7 Å². The van der Waals surface area contributed by atoms with Crippen LogP contribution in [0.15, 0.2) is 28.8 Å². The lowest BCUT2D eigenvalue weighted by atomic mass is 10.0. The number of nitrogens with zero attached hydrogens (tertiary/aromatic N) is 2. The molecular formula is C16H21N3O. The molecular weight excluding hydrogens is 250 g/mol. The Labute approximate surface area is 119 Å². The molecule has 2 N–H and O–H groups in total. The Balaban J connectivity index is 1.78. The van der Waals surface area contributed by atoms with Gasteiger partial charge in [-0.3, -0.25) is 0 Å². The fourth-order valence-electron chi connectivity index (χ4n) is 2.96. The van der Waals surface area contributed by atoms with Gasteiger partial charge in [-0.15, -0.1) is 0 Å². The van der Waals surface area contributed by atoms with Gasteiger partial charge in [-0.1, -0.05) is 42.8 Å². The van der Waals surface area contributed by atoms with Crippen LogP contribution in [0.2, 0.25) is 0 Å². The Morgan fingerprint density at radius 1 is 1.40 bits per heavy atom. The van der Waals surface area contributed by atoms with E-state index in [1.54, 1.807) is 0 Å². The molecule has 0 spiro atoms. The van der Waals surface area contributed by atoms with E-state index in [9.17, 15) is 0 Å². The second-order valence-electron chi connectivity index (χ2n) is 5.55. The summed E-state index contributed by atoms with van der Waals surface area (Å²) in [5.74, 6) is 2.28. The predicted octanol–water partition coefficient (Wildman–Crippen LogP) is 2.68. The summed E-state index contributed by atoms with van der Waals surface area (Å²) in [6.45, 7) is 2.81. The number of nitrogens with two attached hydrogens (primary N) is 1. The zero-order valence-corrected chi connectivity index (χ0v) is 11.9. The predicted molar refractivity (Wildman–Crippen MR) is 77.4 cm³/mol. The number of hydrogen-bond acceptors (Lipinski definition) is 4. The number of aromatic nitrogens is 2. The quantitative estimate of drug-likeness (QED) is 0.908. The topological polar surface area (TPSA) is 64.9 Å². The molecule has 0 saturated carbocycles. The van der Waals surface area contributed by atoms with Crippen molar-refractivity contribution >= 4 is 0 Å². The van der Waals surface area contributed by atoms with Gasteiger partial charge in [0, 0.05) is 12.3 Å². The second kappa shape index (κ2) is 5.75. The molecule has 1 aliphatic rings. The van der Waals surface area contributed by atoms with Gasteiger partial charge in [-0.2, -0.15) is 4.98 Å². The highest BCUT2D eigenvalue weighted by atomic mass is 16.5. The van der Waals surface area contributed by atoms with E-state index in [0.29, 0.717) is 18.4 Å². The molecule has 0 bridgehead atoms. The van der Waals surface area contributed by atoms with Crippen LogP contribution in [0.4, 0.5) is 0 Å². The van der Waals surface area contributed by atoms with Gasteiger partial charge in [0.25, 0.3) is 0 Å². The summed E-state index contributed by atoms with van der Waals surface area (Å²) in [6, 6.07) is 8.55. The molecule has 4 heteroatoms. The average Bonchev–Trinajstić information content (AvgIpc) is 3.11. The van der Waals surface area contributed by atoms with Gasteiger partial charge in [0.05, 0.1) is 0 Å². The first-order valence-electron chi connectivity index (χ1n) is 7.42. The molecule has 1 heterocycles. The molecule has 1 aromatic carbocycles. The van der Waals surface area contributed by atoms with Crippen molar-refractivity contribution in [1.29, 1.82) is 0 Å². The molecule has 2 unspecified atom stereocenters. The fourth-order valence-corrected chi connectivity index (χ4v) is 2.96. The zero-order chi connectivity index (χ0) is 13.9. The first kappa shape index (κ1) is 13.3. The molecule has 3 rings (SSSR count). The Morgan fingerprint density at radius 3 is 3.05 bits per heavy atom. The van der Waals surface area contributed by atoms with Gasteiger partial charge in [0.15, 0.2) is 5.82 Å². The maximum Gasteiger partial charge on any atom is 0.226 e. The van der Waals surface area contributed by atoms with Gasteiger partial charge in [-0.25, -0.2) is 0 Å². The van der Waals surface area contributed by atoms with Crippen molar-refractivity contribution in [3.8, 4) is 0 Å². The Kier molecular flexibility index (Phi) is 3.83. The highest BCUT2D eigenvalue weighted by Gasteiger charge is 2.27. The minimum atomic E-state index is 0.293. The summed E-state index contributed by atoms with van der Waals surface area (Å²) in [5.41, 5.74) is 8.50. The van der Waals surface area contributed by atoms with Crippen molar-refractivity contribution < 1.29 is 4.52 Å². The van der Waals surface area contributed by atoms with Crippen LogP contribution < -0.4 is 5.73 Å². The molecule has 1 aromatic heterocycles. The van der Waals surface area contributed by atoms with Crippen molar-refractivity contribution in [2.45, 2.75) is 38.5 Å². The Morgan fingerprint density at radius 2 is 2.25 bits per heavy atom. The molecule has 0 saturated heterocycles. The van der Waals surface area contributed by atoms with Crippen LogP contribution in [0.3, 0.4) is 0 Å². The van der Waals surface area contributed by atoms with E-state index < -0.39 is 0 Å². The van der Waals surface area contributed by atoms with Crippen molar-refractivity contribution in [1.82, 2.24) is 10.1 Å². The molecule has 2 aromatic rings. The van der Waals surface area contributed by atoms with Crippen LogP contribution >= 0.6 is 0 Å². The summed E-state index contributed by atoms with van der Waals surface area (Å²) in [6.07, 6.45) is 4.01. The van der Waals surface area contributed by atoms with Gasteiger partial charge < -0.3 is 10.3 Å². The minimum absolute atomic E-state index is 0.293. The van der Waals surface area contributed by atoms with E-state index in [0.717, 1.165) is 37.4 Å². The van der Waals surface area contributed by atoms with E-state index in [1.807, 2.05) is 0 Å². The number of benzene rings is 1. The smallest absolute Gasteiger partial charge is 0.226 e. The summed E-state index contributed by atoms with van der Waals surface area (Å²) < 4.78 is 5.41. The van der Waals surface area contributed by atoms with E-state index in [2.05, 4.69) is 41.3 Å². The third-order valence-corrected chi connectivity index (χ3v) is 4.30. The minimum Gasteiger partial charge on any atom is -0.339 e. The first-order chi connectivity index (χ1) is 9.81. The van der Waals surface area contributed by atoms with Crippen LogP contribution in [0.5, 0.6) is 0 Å². The van der Waals surface area contributed by atoms with Gasteiger partial charge in [0.1, 0.15) is 0 Å². The number of hydrogen-bond donors (Lipinski definition) is 1. The molecule has 0 fully saturated rings. The molecule has 0 amide bonds. The van der Waals surface area contributed by atoms with Crippen molar-refractivity contribution in [2.75, 3.05) is 6.54 Å². The first-order valence-corrected chi connectivity index (χ1v) is 7.42. The maximum absolute atomic E-state index is 5.73. The molecule has 20 heavy (non-hydrogen) atoms. The third kappa shape index (κ3) is 2.48. The Bertz CT molecular complexity index is 575. The Hall–Kier alpha value is -1.68.